The molecule has 0 spiro atoms. The van der Waals surface area contributed by atoms with Crippen molar-refractivity contribution in [2.24, 2.45) is 0 Å². The minimum absolute atomic E-state index is 0.0797. The first kappa shape index (κ1) is 14.1. The molecule has 0 fully saturated rings. The highest BCUT2D eigenvalue weighted by molar-refractivity contribution is 5.78. The van der Waals surface area contributed by atoms with E-state index in [2.05, 4.69) is 51.2 Å². The lowest BCUT2D eigenvalue weighted by molar-refractivity contribution is -0.143. The Hall–Kier alpha value is -1.35. The molecule has 0 bridgehead atoms. The molecule has 1 aliphatic rings. The molecule has 104 valence electrons. The molecule has 1 heterocycles. The Morgan fingerprint density at radius 1 is 1.32 bits per heavy atom. The van der Waals surface area contributed by atoms with Gasteiger partial charge in [0.15, 0.2) is 0 Å². The molecule has 2 rings (SSSR count). The van der Waals surface area contributed by atoms with E-state index in [1.54, 1.807) is 0 Å². The van der Waals surface area contributed by atoms with E-state index in [1.165, 1.54) is 18.2 Å². The van der Waals surface area contributed by atoms with E-state index >= 15 is 0 Å². The van der Waals surface area contributed by atoms with E-state index in [9.17, 15) is 4.79 Å². The number of fused-ring (bicyclic) bond motifs is 1. The third-order valence-electron chi connectivity index (χ3n) is 3.86. The summed E-state index contributed by atoms with van der Waals surface area (Å²) in [6.07, 6.45) is 0. The van der Waals surface area contributed by atoms with Gasteiger partial charge in [-0.3, -0.25) is 0 Å². The molecule has 0 saturated heterocycles. The van der Waals surface area contributed by atoms with E-state index in [4.69, 9.17) is 4.74 Å². The molecule has 0 aromatic heterocycles. The van der Waals surface area contributed by atoms with E-state index in [0.717, 1.165) is 12.1 Å². The molecule has 1 aromatic rings. The Labute approximate surface area is 115 Å². The van der Waals surface area contributed by atoms with Crippen molar-refractivity contribution in [3.8, 4) is 0 Å². The first-order valence-electron chi connectivity index (χ1n) is 6.80. The molecule has 0 amide bonds. The molecule has 0 radical (unpaired) electrons. The van der Waals surface area contributed by atoms with Gasteiger partial charge in [0.2, 0.25) is 0 Å². The van der Waals surface area contributed by atoms with Gasteiger partial charge in [-0.1, -0.05) is 45.9 Å². The van der Waals surface area contributed by atoms with Crippen LogP contribution in [0.1, 0.15) is 56.3 Å². The second-order valence-electron chi connectivity index (χ2n) is 6.36. The van der Waals surface area contributed by atoms with Gasteiger partial charge in [-0.25, -0.2) is 4.79 Å². The minimum atomic E-state index is -0.335. The fourth-order valence-corrected chi connectivity index (χ4v) is 2.58. The Morgan fingerprint density at radius 2 is 2.00 bits per heavy atom. The number of hydrogen-bond acceptors (Lipinski definition) is 3. The average Bonchev–Trinajstić information content (AvgIpc) is 2.37. The maximum Gasteiger partial charge on any atom is 0.327 e. The SMILES string of the molecule is COC(=O)C1NCC(C)c2ccc(C(C)(C)C)cc21. The Balaban J connectivity index is 2.50. The lowest BCUT2D eigenvalue weighted by Gasteiger charge is -2.31. The van der Waals surface area contributed by atoms with Crippen molar-refractivity contribution in [2.45, 2.75) is 45.1 Å². The van der Waals surface area contributed by atoms with Crippen LogP contribution >= 0.6 is 0 Å². The third kappa shape index (κ3) is 2.66. The van der Waals surface area contributed by atoms with Crippen LogP contribution in [0.25, 0.3) is 0 Å². The number of benzene rings is 1. The van der Waals surface area contributed by atoms with E-state index < -0.39 is 0 Å². The number of esters is 1. The quantitative estimate of drug-likeness (QED) is 0.790. The van der Waals surface area contributed by atoms with Crippen LogP contribution in [0.2, 0.25) is 0 Å². The molecule has 3 heteroatoms. The predicted octanol–water partition coefficient (Wildman–Crippen LogP) is 2.90. The van der Waals surface area contributed by atoms with Crippen molar-refractivity contribution in [1.29, 1.82) is 0 Å². The first-order chi connectivity index (χ1) is 8.84. The Kier molecular flexibility index (Phi) is 3.68. The Morgan fingerprint density at radius 3 is 2.58 bits per heavy atom. The van der Waals surface area contributed by atoms with Crippen molar-refractivity contribution in [1.82, 2.24) is 5.32 Å². The fourth-order valence-electron chi connectivity index (χ4n) is 2.58. The summed E-state index contributed by atoms with van der Waals surface area (Å²) >= 11 is 0. The number of hydrogen-bond donors (Lipinski definition) is 1. The molecule has 1 aliphatic heterocycles. The molecule has 3 nitrogen and oxygen atoms in total. The highest BCUT2D eigenvalue weighted by Crippen LogP contribution is 2.34. The molecular formula is C16H23NO2. The van der Waals surface area contributed by atoms with E-state index in [-0.39, 0.29) is 17.4 Å². The zero-order chi connectivity index (χ0) is 14.2. The summed E-state index contributed by atoms with van der Waals surface area (Å²) in [5.74, 6) is 0.212. The topological polar surface area (TPSA) is 38.3 Å². The van der Waals surface area contributed by atoms with Crippen LogP contribution in [0.15, 0.2) is 18.2 Å². The number of methoxy groups -OCH3 is 1. The van der Waals surface area contributed by atoms with Crippen molar-refractivity contribution in [2.75, 3.05) is 13.7 Å². The van der Waals surface area contributed by atoms with Crippen LogP contribution in [0.4, 0.5) is 0 Å². The molecule has 1 aromatic carbocycles. The largest absolute Gasteiger partial charge is 0.468 e. The second kappa shape index (κ2) is 4.97. The fraction of sp³-hybridized carbons (Fsp3) is 0.562. The average molecular weight is 261 g/mol. The number of carbonyl (C=O) groups excluding carboxylic acids is 1. The van der Waals surface area contributed by atoms with Gasteiger partial charge in [-0.15, -0.1) is 0 Å². The molecular weight excluding hydrogens is 238 g/mol. The van der Waals surface area contributed by atoms with E-state index in [1.807, 2.05) is 0 Å². The molecule has 0 aliphatic carbocycles. The maximum atomic E-state index is 11.9. The van der Waals surface area contributed by atoms with Crippen molar-refractivity contribution in [3.63, 3.8) is 0 Å². The normalized spacial score (nSPS) is 22.8. The van der Waals surface area contributed by atoms with Crippen LogP contribution in [-0.2, 0) is 14.9 Å². The number of ether oxygens (including phenoxy) is 1. The minimum Gasteiger partial charge on any atom is -0.468 e. The summed E-state index contributed by atoms with van der Waals surface area (Å²) in [5.41, 5.74) is 3.65. The van der Waals surface area contributed by atoms with Gasteiger partial charge in [-0.2, -0.15) is 0 Å². The van der Waals surface area contributed by atoms with Crippen LogP contribution < -0.4 is 5.32 Å². The first-order valence-corrected chi connectivity index (χ1v) is 6.80. The van der Waals surface area contributed by atoms with Crippen molar-refractivity contribution in [3.05, 3.63) is 34.9 Å². The number of nitrogens with one attached hydrogen (secondary N) is 1. The lowest BCUT2D eigenvalue weighted by atomic mass is 9.80. The summed E-state index contributed by atoms with van der Waals surface area (Å²) in [6.45, 7) is 9.53. The lowest BCUT2D eigenvalue weighted by Crippen LogP contribution is -2.37. The second-order valence-corrected chi connectivity index (χ2v) is 6.36. The van der Waals surface area contributed by atoms with Crippen LogP contribution in [-0.4, -0.2) is 19.6 Å². The van der Waals surface area contributed by atoms with Crippen LogP contribution in [0.5, 0.6) is 0 Å². The number of rotatable bonds is 1. The highest BCUT2D eigenvalue weighted by atomic mass is 16.5. The summed E-state index contributed by atoms with van der Waals surface area (Å²) in [6, 6.07) is 6.16. The third-order valence-corrected chi connectivity index (χ3v) is 3.86. The predicted molar refractivity (Wildman–Crippen MR) is 76.3 cm³/mol. The zero-order valence-electron chi connectivity index (χ0n) is 12.4. The van der Waals surface area contributed by atoms with Gasteiger partial charge in [-0.05, 0) is 28.0 Å². The highest BCUT2D eigenvalue weighted by Gasteiger charge is 2.31. The van der Waals surface area contributed by atoms with Gasteiger partial charge in [0.1, 0.15) is 6.04 Å². The summed E-state index contributed by atoms with van der Waals surface area (Å²) < 4.78 is 4.91. The van der Waals surface area contributed by atoms with Gasteiger partial charge in [0.25, 0.3) is 0 Å². The summed E-state index contributed by atoms with van der Waals surface area (Å²) in [4.78, 5) is 11.9. The Bertz CT molecular complexity index is 488. The summed E-state index contributed by atoms with van der Waals surface area (Å²) in [5, 5.41) is 3.28. The van der Waals surface area contributed by atoms with Gasteiger partial charge < -0.3 is 10.1 Å². The monoisotopic (exact) mass is 261 g/mol. The standard InChI is InChI=1S/C16H23NO2/c1-10-9-17-14(15(18)19-5)13-8-11(16(2,3)4)6-7-12(10)13/h6-8,10,14,17H,9H2,1-5H3. The van der Waals surface area contributed by atoms with E-state index in [0.29, 0.717) is 5.92 Å². The molecule has 1 N–H and O–H groups in total. The van der Waals surface area contributed by atoms with Gasteiger partial charge in [0, 0.05) is 6.54 Å². The van der Waals surface area contributed by atoms with Crippen LogP contribution in [0, 0.1) is 0 Å². The number of carbonyl (C=O) groups is 1. The molecule has 19 heavy (non-hydrogen) atoms. The van der Waals surface area contributed by atoms with Gasteiger partial charge >= 0.3 is 5.97 Å². The zero-order valence-corrected chi connectivity index (χ0v) is 12.4. The smallest absolute Gasteiger partial charge is 0.327 e. The van der Waals surface area contributed by atoms with Crippen molar-refractivity contribution >= 4 is 5.97 Å². The summed E-state index contributed by atoms with van der Waals surface area (Å²) in [7, 11) is 1.44. The molecule has 0 saturated carbocycles. The maximum absolute atomic E-state index is 11.9. The molecule has 2 atom stereocenters. The molecule has 2 unspecified atom stereocenters. The van der Waals surface area contributed by atoms with Crippen molar-refractivity contribution < 1.29 is 9.53 Å². The van der Waals surface area contributed by atoms with Crippen LogP contribution in [0.3, 0.4) is 0 Å². The van der Waals surface area contributed by atoms with Gasteiger partial charge in [0.05, 0.1) is 7.11 Å².